The summed E-state index contributed by atoms with van der Waals surface area (Å²) in [5.41, 5.74) is 2.49. The molecule has 1 N–H and O–H groups in total. The van der Waals surface area contributed by atoms with Gasteiger partial charge in [-0.2, -0.15) is 0 Å². The Morgan fingerprint density at radius 2 is 2.06 bits per heavy atom. The maximum Gasteiger partial charge on any atom is 0.0575 e. The van der Waals surface area contributed by atoms with Gasteiger partial charge in [0.05, 0.1) is 5.69 Å². The first-order chi connectivity index (χ1) is 8.13. The number of nitrogens with zero attached hydrogens (tertiary/aromatic N) is 1. The highest BCUT2D eigenvalue weighted by Crippen LogP contribution is 2.20. The van der Waals surface area contributed by atoms with Crippen LogP contribution in [0.4, 0.5) is 0 Å². The van der Waals surface area contributed by atoms with Crippen molar-refractivity contribution in [1.29, 1.82) is 0 Å². The van der Waals surface area contributed by atoms with Gasteiger partial charge in [0, 0.05) is 12.2 Å². The van der Waals surface area contributed by atoms with Crippen LogP contribution in [0.5, 0.6) is 0 Å². The monoisotopic (exact) mass is 234 g/mol. The molecule has 0 saturated carbocycles. The Labute approximate surface area is 106 Å². The van der Waals surface area contributed by atoms with E-state index >= 15 is 0 Å². The average Bonchev–Trinajstić information content (AvgIpc) is 2.29. The van der Waals surface area contributed by atoms with E-state index in [9.17, 15) is 0 Å². The lowest BCUT2D eigenvalue weighted by molar-refractivity contribution is 0.434. The van der Waals surface area contributed by atoms with Gasteiger partial charge in [-0.25, -0.2) is 0 Å². The summed E-state index contributed by atoms with van der Waals surface area (Å²) in [6, 6.07) is 4.67. The molecule has 0 radical (unpaired) electrons. The molecule has 2 heteroatoms. The van der Waals surface area contributed by atoms with Gasteiger partial charge < -0.3 is 5.32 Å². The molecule has 0 aliphatic carbocycles. The molecule has 0 fully saturated rings. The van der Waals surface area contributed by atoms with Crippen molar-refractivity contribution in [2.24, 2.45) is 5.92 Å². The fraction of sp³-hybridized carbons (Fsp3) is 0.667. The van der Waals surface area contributed by atoms with E-state index in [2.05, 4.69) is 50.1 Å². The van der Waals surface area contributed by atoms with Crippen LogP contribution in [0.1, 0.15) is 57.3 Å². The Morgan fingerprint density at radius 3 is 2.65 bits per heavy atom. The van der Waals surface area contributed by atoms with E-state index in [1.54, 1.807) is 0 Å². The van der Waals surface area contributed by atoms with Crippen molar-refractivity contribution >= 4 is 0 Å². The molecule has 2 nitrogen and oxygen atoms in total. The average molecular weight is 234 g/mol. The summed E-state index contributed by atoms with van der Waals surface area (Å²) in [4.78, 5) is 4.51. The summed E-state index contributed by atoms with van der Waals surface area (Å²) in [6.07, 6.45) is 5.51. The fourth-order valence-corrected chi connectivity index (χ4v) is 1.92. The topological polar surface area (TPSA) is 24.9 Å². The maximum absolute atomic E-state index is 4.51. The molecule has 0 aliphatic rings. The molecule has 0 aliphatic heterocycles. The zero-order valence-corrected chi connectivity index (χ0v) is 11.7. The number of rotatable bonds is 7. The maximum atomic E-state index is 4.51. The summed E-state index contributed by atoms with van der Waals surface area (Å²) in [5.74, 6) is 0.755. The van der Waals surface area contributed by atoms with E-state index in [-0.39, 0.29) is 0 Å². The van der Waals surface area contributed by atoms with Crippen molar-refractivity contribution in [3.05, 3.63) is 29.6 Å². The Bertz CT molecular complexity index is 320. The zero-order valence-electron chi connectivity index (χ0n) is 11.7. The van der Waals surface area contributed by atoms with E-state index in [4.69, 9.17) is 0 Å². The van der Waals surface area contributed by atoms with E-state index < -0.39 is 0 Å². The van der Waals surface area contributed by atoms with E-state index in [1.165, 1.54) is 30.5 Å². The van der Waals surface area contributed by atoms with Gasteiger partial charge in [-0.3, -0.25) is 4.98 Å². The number of hydrogen-bond donors (Lipinski definition) is 1. The number of aromatic nitrogens is 1. The first-order valence-corrected chi connectivity index (χ1v) is 6.79. The summed E-state index contributed by atoms with van der Waals surface area (Å²) in [6.45, 7) is 9.96. The minimum atomic E-state index is 0.414. The van der Waals surface area contributed by atoms with E-state index in [0.29, 0.717) is 6.04 Å². The van der Waals surface area contributed by atoms with Gasteiger partial charge in [0.1, 0.15) is 0 Å². The third-order valence-electron chi connectivity index (χ3n) is 2.97. The first kappa shape index (κ1) is 14.2. The van der Waals surface area contributed by atoms with Gasteiger partial charge in [0.2, 0.25) is 0 Å². The molecule has 0 saturated heterocycles. The van der Waals surface area contributed by atoms with Crippen LogP contribution in [0, 0.1) is 12.8 Å². The quantitative estimate of drug-likeness (QED) is 0.774. The summed E-state index contributed by atoms with van der Waals surface area (Å²) >= 11 is 0. The standard InChI is InChI=1S/C15H26N2/c1-5-9-16-14(7-6-12(2)3)15-11-13(4)8-10-17-15/h8,10-12,14,16H,5-7,9H2,1-4H3. The van der Waals surface area contributed by atoms with Crippen LogP contribution in [-0.4, -0.2) is 11.5 Å². The highest BCUT2D eigenvalue weighted by molar-refractivity contribution is 5.17. The Hall–Kier alpha value is -0.890. The summed E-state index contributed by atoms with van der Waals surface area (Å²) < 4.78 is 0. The predicted molar refractivity (Wildman–Crippen MR) is 74.1 cm³/mol. The van der Waals surface area contributed by atoms with Gasteiger partial charge in [0.25, 0.3) is 0 Å². The zero-order chi connectivity index (χ0) is 12.7. The van der Waals surface area contributed by atoms with Gasteiger partial charge >= 0.3 is 0 Å². The van der Waals surface area contributed by atoms with Crippen molar-refractivity contribution < 1.29 is 0 Å². The predicted octanol–water partition coefficient (Wildman–Crippen LogP) is 3.87. The molecule has 17 heavy (non-hydrogen) atoms. The van der Waals surface area contributed by atoms with Crippen molar-refractivity contribution in [3.63, 3.8) is 0 Å². The molecule has 1 heterocycles. The molecule has 1 aromatic heterocycles. The van der Waals surface area contributed by atoms with Crippen LogP contribution >= 0.6 is 0 Å². The van der Waals surface area contributed by atoms with Gasteiger partial charge in [-0.15, -0.1) is 0 Å². The lowest BCUT2D eigenvalue weighted by Crippen LogP contribution is -2.23. The highest BCUT2D eigenvalue weighted by Gasteiger charge is 2.12. The molecule has 0 bridgehead atoms. The van der Waals surface area contributed by atoms with Crippen LogP contribution in [0.15, 0.2) is 18.3 Å². The van der Waals surface area contributed by atoms with Gasteiger partial charge in [-0.1, -0.05) is 20.8 Å². The van der Waals surface area contributed by atoms with Crippen LogP contribution in [0.25, 0.3) is 0 Å². The minimum absolute atomic E-state index is 0.414. The lowest BCUT2D eigenvalue weighted by atomic mass is 10.00. The van der Waals surface area contributed by atoms with Crippen LogP contribution in [0.2, 0.25) is 0 Å². The second-order valence-electron chi connectivity index (χ2n) is 5.24. The Balaban J connectivity index is 2.67. The second kappa shape index (κ2) is 7.44. The third kappa shape index (κ3) is 5.31. The first-order valence-electron chi connectivity index (χ1n) is 6.79. The van der Waals surface area contributed by atoms with Gasteiger partial charge in [-0.05, 0) is 56.3 Å². The van der Waals surface area contributed by atoms with Crippen LogP contribution in [0.3, 0.4) is 0 Å². The number of aryl methyl sites for hydroxylation is 1. The molecule has 96 valence electrons. The number of nitrogens with one attached hydrogen (secondary N) is 1. The summed E-state index contributed by atoms with van der Waals surface area (Å²) in [7, 11) is 0. The second-order valence-corrected chi connectivity index (χ2v) is 5.24. The van der Waals surface area contributed by atoms with Crippen LogP contribution < -0.4 is 5.32 Å². The Kier molecular flexibility index (Phi) is 6.20. The van der Waals surface area contributed by atoms with Gasteiger partial charge in [0.15, 0.2) is 0 Å². The normalized spacial score (nSPS) is 13.0. The molecule has 1 aromatic rings. The molecule has 0 aromatic carbocycles. The molecule has 0 spiro atoms. The SMILES string of the molecule is CCCNC(CCC(C)C)c1cc(C)ccn1. The van der Waals surface area contributed by atoms with Crippen molar-refractivity contribution in [3.8, 4) is 0 Å². The number of pyridine rings is 1. The van der Waals surface area contributed by atoms with Crippen molar-refractivity contribution in [1.82, 2.24) is 10.3 Å². The van der Waals surface area contributed by atoms with Crippen molar-refractivity contribution in [2.75, 3.05) is 6.54 Å². The smallest absolute Gasteiger partial charge is 0.0575 e. The summed E-state index contributed by atoms with van der Waals surface area (Å²) in [5, 5.41) is 3.61. The van der Waals surface area contributed by atoms with Crippen molar-refractivity contribution in [2.45, 2.75) is 53.0 Å². The third-order valence-corrected chi connectivity index (χ3v) is 2.97. The van der Waals surface area contributed by atoms with Crippen LogP contribution in [-0.2, 0) is 0 Å². The minimum Gasteiger partial charge on any atom is -0.309 e. The molecule has 1 rings (SSSR count). The highest BCUT2D eigenvalue weighted by atomic mass is 14.9. The van der Waals surface area contributed by atoms with E-state index in [0.717, 1.165) is 12.5 Å². The molecule has 1 unspecified atom stereocenters. The van der Waals surface area contributed by atoms with E-state index in [1.807, 2.05) is 6.20 Å². The number of hydrogen-bond acceptors (Lipinski definition) is 2. The fourth-order valence-electron chi connectivity index (χ4n) is 1.92. The lowest BCUT2D eigenvalue weighted by Gasteiger charge is -2.19. The molecule has 1 atom stereocenters. The molecular weight excluding hydrogens is 208 g/mol. The largest absolute Gasteiger partial charge is 0.309 e. The molecular formula is C15H26N2. The molecule has 0 amide bonds. The Morgan fingerprint density at radius 1 is 1.29 bits per heavy atom.